The van der Waals surface area contributed by atoms with Crippen LogP contribution < -0.4 is 0 Å². The SMILES string of the molecule is COC(=O)CN1CCN(CC(=O)OC)CCN([C@@H]2CN(C(=O)O)[C@H](C(=O)O)[C@H]2OC(C)=O)CCN(CC(=O)OC)CC1. The molecule has 0 radical (unpaired) electrons. The molecule has 0 unspecified atom stereocenters. The van der Waals surface area contributed by atoms with Crippen molar-refractivity contribution in [3.8, 4) is 0 Å². The number of carboxylic acid groups (broad SMARTS) is 2. The van der Waals surface area contributed by atoms with Gasteiger partial charge in [-0.1, -0.05) is 0 Å². The van der Waals surface area contributed by atoms with E-state index >= 15 is 0 Å². The van der Waals surface area contributed by atoms with Gasteiger partial charge in [-0.05, 0) is 0 Å². The van der Waals surface area contributed by atoms with Gasteiger partial charge in [-0.25, -0.2) is 9.59 Å². The van der Waals surface area contributed by atoms with Crippen molar-refractivity contribution in [2.75, 3.05) is 99.9 Å². The molecule has 2 N–H and O–H groups in total. The molecule has 0 aromatic heterocycles. The molecule has 2 aliphatic heterocycles. The quantitative estimate of drug-likeness (QED) is 0.207. The highest BCUT2D eigenvalue weighted by Crippen LogP contribution is 2.27. The van der Waals surface area contributed by atoms with E-state index in [1.807, 2.05) is 9.80 Å². The standard InChI is InChI=1S/C25H41N5O12/c1-17(31)42-23-18(13-30(25(37)38)22(23)24(35)36)29-11-9-27(15-20(33)40-3)7-5-26(14-19(32)39-2)6-8-28(10-12-29)16-21(34)41-4/h18,22-23H,5-16H2,1-4H3,(H,35,36)(H,37,38)/t18-,22+,23+/m1/s1. The monoisotopic (exact) mass is 603 g/mol. The molecule has 0 saturated carbocycles. The van der Waals surface area contributed by atoms with Gasteiger partial charge < -0.3 is 29.2 Å². The summed E-state index contributed by atoms with van der Waals surface area (Å²) in [5.74, 6) is -3.63. The Labute approximate surface area is 243 Å². The molecule has 2 rings (SSSR count). The van der Waals surface area contributed by atoms with Gasteiger partial charge in [0.15, 0.2) is 12.1 Å². The second-order valence-electron chi connectivity index (χ2n) is 9.95. The Morgan fingerprint density at radius 1 is 0.667 bits per heavy atom. The number of aliphatic carboxylic acids is 1. The first-order valence-electron chi connectivity index (χ1n) is 13.4. The number of methoxy groups -OCH3 is 3. The maximum Gasteiger partial charge on any atom is 0.408 e. The molecule has 17 heteroatoms. The topological polar surface area (TPSA) is 196 Å². The molecule has 0 aromatic carbocycles. The zero-order chi connectivity index (χ0) is 31.4. The van der Waals surface area contributed by atoms with Crippen LogP contribution in [-0.2, 0) is 42.9 Å². The summed E-state index contributed by atoms with van der Waals surface area (Å²) in [5.41, 5.74) is 0. The van der Waals surface area contributed by atoms with Crippen molar-refractivity contribution in [1.82, 2.24) is 24.5 Å². The van der Waals surface area contributed by atoms with Crippen molar-refractivity contribution in [3.05, 3.63) is 0 Å². The van der Waals surface area contributed by atoms with E-state index in [0.29, 0.717) is 26.2 Å². The number of hydrogen-bond acceptors (Lipinski definition) is 14. The smallest absolute Gasteiger partial charge is 0.408 e. The van der Waals surface area contributed by atoms with E-state index in [2.05, 4.69) is 0 Å². The normalized spacial score (nSPS) is 23.7. The minimum atomic E-state index is -1.62. The third-order valence-electron chi connectivity index (χ3n) is 7.29. The molecule has 2 fully saturated rings. The minimum absolute atomic E-state index is 0.00546. The summed E-state index contributed by atoms with van der Waals surface area (Å²) in [6, 6.07) is -2.45. The summed E-state index contributed by atoms with van der Waals surface area (Å²) >= 11 is 0. The van der Waals surface area contributed by atoms with Crippen molar-refractivity contribution in [1.29, 1.82) is 0 Å². The minimum Gasteiger partial charge on any atom is -0.480 e. The zero-order valence-electron chi connectivity index (χ0n) is 24.4. The second-order valence-corrected chi connectivity index (χ2v) is 9.95. The number of amides is 1. The number of ether oxygens (including phenoxy) is 4. The molecule has 0 aromatic rings. The number of esters is 4. The van der Waals surface area contributed by atoms with E-state index < -0.39 is 54.1 Å². The maximum atomic E-state index is 12.2. The van der Waals surface area contributed by atoms with Gasteiger partial charge in [0, 0.05) is 65.8 Å². The summed E-state index contributed by atoms with van der Waals surface area (Å²) in [6.45, 7) is 3.14. The van der Waals surface area contributed by atoms with E-state index in [1.165, 1.54) is 21.3 Å². The predicted molar refractivity (Wildman–Crippen MR) is 142 cm³/mol. The molecular formula is C25H41N5O12. The average molecular weight is 604 g/mol. The number of carbonyl (C=O) groups excluding carboxylic acids is 4. The average Bonchev–Trinajstić information content (AvgIpc) is 3.31. The Bertz CT molecular complexity index is 947. The lowest BCUT2D eigenvalue weighted by Crippen LogP contribution is -2.54. The number of rotatable bonds is 9. The van der Waals surface area contributed by atoms with E-state index in [9.17, 15) is 39.0 Å². The van der Waals surface area contributed by atoms with Crippen LogP contribution in [0.2, 0.25) is 0 Å². The highest BCUT2D eigenvalue weighted by atomic mass is 16.6. The molecule has 238 valence electrons. The highest BCUT2D eigenvalue weighted by molar-refractivity contribution is 5.82. The van der Waals surface area contributed by atoms with Crippen LogP contribution in [0.4, 0.5) is 4.79 Å². The fourth-order valence-corrected chi connectivity index (χ4v) is 5.04. The van der Waals surface area contributed by atoms with Crippen LogP contribution in [-0.4, -0.2) is 189 Å². The third-order valence-corrected chi connectivity index (χ3v) is 7.29. The summed E-state index contributed by atoms with van der Waals surface area (Å²) in [7, 11) is 3.81. The first-order valence-corrected chi connectivity index (χ1v) is 13.4. The molecule has 2 heterocycles. The first kappa shape index (κ1) is 34.7. The lowest BCUT2D eigenvalue weighted by molar-refractivity contribution is -0.156. The molecule has 2 aliphatic rings. The number of hydrogen-bond donors (Lipinski definition) is 2. The lowest BCUT2D eigenvalue weighted by atomic mass is 10.1. The van der Waals surface area contributed by atoms with Gasteiger partial charge >= 0.3 is 35.9 Å². The van der Waals surface area contributed by atoms with Crippen LogP contribution in [0.5, 0.6) is 0 Å². The Morgan fingerprint density at radius 2 is 1.05 bits per heavy atom. The predicted octanol–water partition coefficient (Wildman–Crippen LogP) is -2.53. The molecule has 0 bridgehead atoms. The Kier molecular flexibility index (Phi) is 13.9. The molecule has 2 saturated heterocycles. The van der Waals surface area contributed by atoms with E-state index in [0.717, 1.165) is 11.8 Å². The molecule has 1 amide bonds. The van der Waals surface area contributed by atoms with Crippen molar-refractivity contribution in [2.24, 2.45) is 0 Å². The number of carboxylic acids is 1. The van der Waals surface area contributed by atoms with E-state index in [-0.39, 0.29) is 52.4 Å². The molecule has 0 spiro atoms. The largest absolute Gasteiger partial charge is 0.480 e. The Morgan fingerprint density at radius 3 is 1.36 bits per heavy atom. The van der Waals surface area contributed by atoms with Gasteiger partial charge in [0.1, 0.15) is 0 Å². The van der Waals surface area contributed by atoms with Gasteiger partial charge in [0.2, 0.25) is 0 Å². The maximum absolute atomic E-state index is 12.2. The molecular weight excluding hydrogens is 562 g/mol. The van der Waals surface area contributed by atoms with Gasteiger partial charge in [-0.2, -0.15) is 0 Å². The van der Waals surface area contributed by atoms with Crippen molar-refractivity contribution in [3.63, 3.8) is 0 Å². The summed E-state index contributed by atoms with van der Waals surface area (Å²) in [6.07, 6.45) is -2.77. The molecule has 0 aliphatic carbocycles. The van der Waals surface area contributed by atoms with Crippen LogP contribution in [0.15, 0.2) is 0 Å². The Balaban J connectivity index is 2.43. The molecule has 3 atom stereocenters. The van der Waals surface area contributed by atoms with Crippen LogP contribution in [0.25, 0.3) is 0 Å². The van der Waals surface area contributed by atoms with Crippen LogP contribution in [0.1, 0.15) is 6.92 Å². The first-order chi connectivity index (χ1) is 19.9. The lowest BCUT2D eigenvalue weighted by Gasteiger charge is -2.37. The van der Waals surface area contributed by atoms with Crippen LogP contribution in [0.3, 0.4) is 0 Å². The molecule has 42 heavy (non-hydrogen) atoms. The fourth-order valence-electron chi connectivity index (χ4n) is 5.04. The second kappa shape index (κ2) is 16.8. The number of carbonyl (C=O) groups is 6. The number of likely N-dealkylation sites (tertiary alicyclic amines) is 1. The van der Waals surface area contributed by atoms with Gasteiger partial charge in [-0.15, -0.1) is 0 Å². The Hall–Kier alpha value is -3.54. The van der Waals surface area contributed by atoms with Crippen molar-refractivity contribution < 1.29 is 57.9 Å². The van der Waals surface area contributed by atoms with Gasteiger partial charge in [0.25, 0.3) is 0 Å². The van der Waals surface area contributed by atoms with Crippen LogP contribution >= 0.6 is 0 Å². The van der Waals surface area contributed by atoms with E-state index in [4.69, 9.17) is 18.9 Å². The third kappa shape index (κ3) is 10.4. The highest BCUT2D eigenvalue weighted by Gasteiger charge is 2.52. The van der Waals surface area contributed by atoms with Gasteiger partial charge in [0.05, 0.1) is 47.0 Å². The van der Waals surface area contributed by atoms with Gasteiger partial charge in [-0.3, -0.25) is 43.7 Å². The van der Waals surface area contributed by atoms with E-state index in [1.54, 1.807) is 9.80 Å². The van der Waals surface area contributed by atoms with Crippen molar-refractivity contribution >= 4 is 35.9 Å². The molecule has 17 nitrogen and oxygen atoms in total. The van der Waals surface area contributed by atoms with Crippen LogP contribution in [0, 0.1) is 0 Å². The summed E-state index contributed by atoms with van der Waals surface area (Å²) < 4.78 is 19.9. The summed E-state index contributed by atoms with van der Waals surface area (Å²) in [4.78, 5) is 80.4. The van der Waals surface area contributed by atoms with Crippen molar-refractivity contribution in [2.45, 2.75) is 25.1 Å². The fraction of sp³-hybridized carbons (Fsp3) is 0.760. The zero-order valence-corrected chi connectivity index (χ0v) is 24.4. The summed E-state index contributed by atoms with van der Waals surface area (Å²) in [5, 5.41) is 19.6. The number of nitrogens with zero attached hydrogens (tertiary/aromatic N) is 5.